The molecule has 0 saturated heterocycles. The number of quaternary nitrogens is 1. The number of unbranched alkanes of at least 4 members (excludes halogenated alkanes) is 13. The SMILES string of the molecule is CCCCCCCCCCCCCCCC[N+](CCC)(CCC)CCC.[O-][Br+2]([O-])[O-]. The fourth-order valence-electron chi connectivity index (χ4n) is 4.74. The van der Waals surface area contributed by atoms with Crippen LogP contribution in [-0.4, -0.2) is 30.7 Å². The average molecular weight is 497 g/mol. The van der Waals surface area contributed by atoms with Crippen LogP contribution in [-0.2, 0) is 0 Å². The molecule has 184 valence electrons. The summed E-state index contributed by atoms with van der Waals surface area (Å²) in [6.45, 7) is 15.0. The van der Waals surface area contributed by atoms with Crippen molar-refractivity contribution in [1.29, 1.82) is 0 Å². The van der Waals surface area contributed by atoms with Crippen molar-refractivity contribution >= 4 is 0 Å². The van der Waals surface area contributed by atoms with Gasteiger partial charge in [-0.05, 0) is 32.1 Å². The molecule has 0 unspecified atom stereocenters. The summed E-state index contributed by atoms with van der Waals surface area (Å²) in [6.07, 6.45) is 24.6. The van der Waals surface area contributed by atoms with Gasteiger partial charge in [0, 0.05) is 0 Å². The van der Waals surface area contributed by atoms with Crippen molar-refractivity contribution in [3.8, 4) is 0 Å². The first-order valence-electron chi connectivity index (χ1n) is 13.1. The minimum absolute atomic E-state index is 1.35. The van der Waals surface area contributed by atoms with Crippen molar-refractivity contribution in [1.82, 2.24) is 0 Å². The van der Waals surface area contributed by atoms with Crippen LogP contribution in [0.4, 0.5) is 0 Å². The van der Waals surface area contributed by atoms with Crippen LogP contribution >= 0.6 is 0 Å². The van der Waals surface area contributed by atoms with Gasteiger partial charge in [0.15, 0.2) is 0 Å². The van der Waals surface area contributed by atoms with Crippen LogP contribution < -0.4 is 12.6 Å². The molecule has 0 amide bonds. The van der Waals surface area contributed by atoms with Crippen LogP contribution in [0.15, 0.2) is 0 Å². The van der Waals surface area contributed by atoms with Gasteiger partial charge in [-0.1, -0.05) is 105 Å². The molecule has 0 spiro atoms. The predicted octanol–water partition coefficient (Wildman–Crippen LogP) is 4.95. The lowest BCUT2D eigenvalue weighted by Crippen LogP contribution is -2.50. The lowest BCUT2D eigenvalue weighted by molar-refractivity contribution is -1.73. The van der Waals surface area contributed by atoms with Crippen LogP contribution in [0, 0.1) is 14.8 Å². The van der Waals surface area contributed by atoms with Gasteiger partial charge in [-0.15, -0.1) is 0 Å². The Morgan fingerprint density at radius 2 is 0.667 bits per heavy atom. The molecule has 0 aromatic rings. The van der Waals surface area contributed by atoms with Crippen molar-refractivity contribution in [3.63, 3.8) is 0 Å². The molecule has 0 aliphatic rings. The number of hydrogen-bond donors (Lipinski definition) is 0. The van der Waals surface area contributed by atoms with E-state index in [9.17, 15) is 0 Å². The van der Waals surface area contributed by atoms with Gasteiger partial charge in [0.05, 0.1) is 26.2 Å². The second-order valence-electron chi connectivity index (χ2n) is 9.02. The minimum Gasteiger partial charge on any atom is -0.405 e. The topological polar surface area (TPSA) is 69.2 Å². The Morgan fingerprint density at radius 1 is 0.400 bits per heavy atom. The van der Waals surface area contributed by atoms with E-state index in [2.05, 4.69) is 27.7 Å². The molecule has 0 aromatic carbocycles. The lowest BCUT2D eigenvalue weighted by atomic mass is 10.0. The summed E-state index contributed by atoms with van der Waals surface area (Å²) in [6, 6.07) is 0. The van der Waals surface area contributed by atoms with E-state index in [-0.39, 0.29) is 0 Å². The predicted molar refractivity (Wildman–Crippen MR) is 121 cm³/mol. The summed E-state index contributed by atoms with van der Waals surface area (Å²) in [4.78, 5) is 0. The molecule has 0 aliphatic heterocycles. The standard InChI is InChI=1S/C25H54N.BrO3/c1-5-9-10-11-12-13-14-15-16-17-18-19-20-21-25-26(22-6-2,23-7-3)24-8-4;2-1(3)4/h5-25H2,1-4H3;/q+1;-1. The first-order chi connectivity index (χ1) is 14.5. The van der Waals surface area contributed by atoms with Gasteiger partial charge in [0.2, 0.25) is 14.8 Å². The first kappa shape index (κ1) is 32.5. The third-order valence-electron chi connectivity index (χ3n) is 6.08. The normalized spacial score (nSPS) is 11.6. The Balaban J connectivity index is 0. The van der Waals surface area contributed by atoms with Gasteiger partial charge >= 0.3 is 0 Å². The molecule has 4 nitrogen and oxygen atoms in total. The first-order valence-corrected chi connectivity index (χ1v) is 15.0. The summed E-state index contributed by atoms with van der Waals surface area (Å²) in [7, 11) is 0. The summed E-state index contributed by atoms with van der Waals surface area (Å²) in [5.74, 6) is 0. The fraction of sp³-hybridized carbons (Fsp3) is 1.00. The van der Waals surface area contributed by atoms with E-state index in [0.717, 1.165) is 0 Å². The van der Waals surface area contributed by atoms with E-state index >= 15 is 0 Å². The van der Waals surface area contributed by atoms with Gasteiger partial charge in [0.25, 0.3) is 0 Å². The third-order valence-corrected chi connectivity index (χ3v) is 6.08. The van der Waals surface area contributed by atoms with Crippen molar-refractivity contribution in [3.05, 3.63) is 0 Å². The van der Waals surface area contributed by atoms with Gasteiger partial charge in [0.1, 0.15) is 0 Å². The van der Waals surface area contributed by atoms with Crippen LogP contribution in [0.1, 0.15) is 137 Å². The maximum Gasteiger partial charge on any atom is 0.216 e. The zero-order chi connectivity index (χ0) is 22.9. The molecule has 0 fully saturated rings. The maximum absolute atomic E-state index is 8.52. The number of hydrogen-bond acceptors (Lipinski definition) is 3. The third kappa shape index (κ3) is 24.6. The molecule has 5 heteroatoms. The summed E-state index contributed by atoms with van der Waals surface area (Å²) >= 11 is -3.65. The Hall–Kier alpha value is 0.320. The molecule has 0 aromatic heterocycles. The van der Waals surface area contributed by atoms with E-state index in [1.165, 1.54) is 140 Å². The summed E-state index contributed by atoms with van der Waals surface area (Å²) < 4.78 is 27.0. The largest absolute Gasteiger partial charge is 0.405 e. The van der Waals surface area contributed by atoms with E-state index in [1.54, 1.807) is 0 Å². The molecule has 0 rings (SSSR count). The number of nitrogens with zero attached hydrogens (tertiary/aromatic N) is 1. The van der Waals surface area contributed by atoms with Gasteiger partial charge in [-0.2, -0.15) is 0 Å². The van der Waals surface area contributed by atoms with Crippen molar-refractivity contribution < 1.29 is 31.9 Å². The Bertz CT molecular complexity index is 297. The zero-order valence-corrected chi connectivity index (χ0v) is 22.5. The quantitative estimate of drug-likeness (QED) is 0.167. The average Bonchev–Trinajstić information content (AvgIpc) is 2.68. The van der Waals surface area contributed by atoms with Crippen LogP contribution in [0.25, 0.3) is 0 Å². The molecule has 0 radical (unpaired) electrons. The van der Waals surface area contributed by atoms with Crippen molar-refractivity contribution in [2.45, 2.75) is 137 Å². The molecule has 0 bridgehead atoms. The van der Waals surface area contributed by atoms with E-state index in [0.29, 0.717) is 0 Å². The van der Waals surface area contributed by atoms with Gasteiger partial charge in [-0.3, -0.25) is 0 Å². The molecule has 0 saturated carbocycles. The van der Waals surface area contributed by atoms with Crippen LogP contribution in [0.3, 0.4) is 0 Å². The maximum atomic E-state index is 8.52. The molecule has 0 N–H and O–H groups in total. The van der Waals surface area contributed by atoms with Gasteiger partial charge < -0.3 is 17.1 Å². The second-order valence-corrected chi connectivity index (χ2v) is 9.81. The number of rotatable bonds is 21. The second kappa shape index (κ2) is 25.6. The highest BCUT2D eigenvalue weighted by atomic mass is 80.0. The van der Waals surface area contributed by atoms with Gasteiger partial charge in [-0.25, -0.2) is 0 Å². The molecular formula is C25H54BrNO3. The highest BCUT2D eigenvalue weighted by Gasteiger charge is 2.23. The Kier molecular flexibility index (Phi) is 27.7. The zero-order valence-electron chi connectivity index (χ0n) is 20.9. The number of halogens is 1. The van der Waals surface area contributed by atoms with Crippen molar-refractivity contribution in [2.75, 3.05) is 26.2 Å². The Labute approximate surface area is 194 Å². The van der Waals surface area contributed by atoms with E-state index in [4.69, 9.17) is 12.6 Å². The van der Waals surface area contributed by atoms with Crippen LogP contribution in [0.2, 0.25) is 0 Å². The molecule has 30 heavy (non-hydrogen) atoms. The molecule has 0 heterocycles. The fourth-order valence-corrected chi connectivity index (χ4v) is 4.74. The Morgan fingerprint density at radius 3 is 0.933 bits per heavy atom. The minimum atomic E-state index is -3.65. The van der Waals surface area contributed by atoms with Crippen LogP contribution in [0.5, 0.6) is 0 Å². The molecule has 0 aliphatic carbocycles. The summed E-state index contributed by atoms with van der Waals surface area (Å²) in [5.41, 5.74) is 0. The van der Waals surface area contributed by atoms with E-state index in [1.807, 2.05) is 0 Å². The molecule has 0 atom stereocenters. The summed E-state index contributed by atoms with van der Waals surface area (Å²) in [5, 5.41) is 0. The smallest absolute Gasteiger partial charge is 0.216 e. The van der Waals surface area contributed by atoms with E-state index < -0.39 is 14.8 Å². The molecular weight excluding hydrogens is 442 g/mol. The highest BCUT2D eigenvalue weighted by Crippen LogP contribution is 2.16. The van der Waals surface area contributed by atoms with Crippen molar-refractivity contribution in [2.24, 2.45) is 0 Å². The highest BCUT2D eigenvalue weighted by molar-refractivity contribution is 4.51. The monoisotopic (exact) mass is 495 g/mol. The lowest BCUT2D eigenvalue weighted by Gasteiger charge is -2.38.